The Bertz CT molecular complexity index is 1400. The van der Waals surface area contributed by atoms with E-state index in [1.807, 2.05) is 56.3 Å². The van der Waals surface area contributed by atoms with Crippen molar-refractivity contribution in [3.05, 3.63) is 75.6 Å². The molecule has 1 aliphatic rings. The largest absolute Gasteiger partial charge is 0.374 e. The number of ether oxygens (including phenoxy) is 1. The molecule has 8 heteroatoms. The van der Waals surface area contributed by atoms with Crippen molar-refractivity contribution in [1.29, 1.82) is 0 Å². The molecule has 1 aromatic carbocycles. The number of rotatable bonds is 4. The van der Waals surface area contributed by atoms with Gasteiger partial charge in [0.2, 0.25) is 0 Å². The maximum absolute atomic E-state index is 13.7. The highest BCUT2D eigenvalue weighted by Gasteiger charge is 2.20. The van der Waals surface area contributed by atoms with E-state index >= 15 is 0 Å². The number of hydrogen-bond donors (Lipinski definition) is 1. The van der Waals surface area contributed by atoms with Crippen molar-refractivity contribution in [3.8, 4) is 22.4 Å². The Morgan fingerprint density at radius 2 is 2.03 bits per heavy atom. The summed E-state index contributed by atoms with van der Waals surface area (Å²) in [5, 5.41) is 4.58. The van der Waals surface area contributed by atoms with Crippen molar-refractivity contribution < 1.29 is 4.74 Å². The topological polar surface area (TPSA) is 81.9 Å². The summed E-state index contributed by atoms with van der Waals surface area (Å²) in [6.45, 7) is 6.27. The quantitative estimate of drug-likeness (QED) is 0.498. The monoisotopic (exact) mass is 461 g/mol. The predicted octanol–water partition coefficient (Wildman–Crippen LogP) is 3.78. The predicted molar refractivity (Wildman–Crippen MR) is 130 cm³/mol. The lowest BCUT2D eigenvalue weighted by molar-refractivity contribution is 0.0183. The van der Waals surface area contributed by atoms with Crippen LogP contribution in [-0.4, -0.2) is 45.3 Å². The van der Waals surface area contributed by atoms with Crippen molar-refractivity contribution in [2.24, 2.45) is 0 Å². The van der Waals surface area contributed by atoms with Crippen molar-refractivity contribution >= 4 is 22.6 Å². The lowest BCUT2D eigenvalue weighted by atomic mass is 10.0. The highest BCUT2D eigenvalue weighted by Crippen LogP contribution is 2.31. The van der Waals surface area contributed by atoms with Crippen molar-refractivity contribution in [1.82, 2.24) is 24.8 Å². The average Bonchev–Trinajstić information content (AvgIpc) is 2.82. The summed E-state index contributed by atoms with van der Waals surface area (Å²) in [4.78, 5) is 27.1. The van der Waals surface area contributed by atoms with Crippen LogP contribution in [0.2, 0.25) is 5.02 Å². The van der Waals surface area contributed by atoms with Crippen LogP contribution in [0.5, 0.6) is 0 Å². The van der Waals surface area contributed by atoms with E-state index in [0.717, 1.165) is 28.9 Å². The second kappa shape index (κ2) is 9.02. The first-order valence-electron chi connectivity index (χ1n) is 10.9. The molecule has 5 rings (SSSR count). The van der Waals surface area contributed by atoms with E-state index in [-0.39, 0.29) is 11.7 Å². The minimum atomic E-state index is -0.155. The van der Waals surface area contributed by atoms with Crippen LogP contribution in [0, 0.1) is 13.8 Å². The van der Waals surface area contributed by atoms with E-state index in [0.29, 0.717) is 47.3 Å². The highest BCUT2D eigenvalue weighted by molar-refractivity contribution is 6.33. The number of nitrogens with one attached hydrogen (secondary N) is 1. The van der Waals surface area contributed by atoms with Crippen LogP contribution in [0.4, 0.5) is 0 Å². The molecule has 4 heterocycles. The summed E-state index contributed by atoms with van der Waals surface area (Å²) in [6, 6.07) is 13.3. The molecule has 3 aromatic heterocycles. The van der Waals surface area contributed by atoms with Gasteiger partial charge in [-0.1, -0.05) is 29.8 Å². The Morgan fingerprint density at radius 3 is 2.79 bits per heavy atom. The first-order chi connectivity index (χ1) is 16.0. The summed E-state index contributed by atoms with van der Waals surface area (Å²) in [6.07, 6.45) is 1.63. The average molecular weight is 462 g/mol. The number of benzene rings is 1. The summed E-state index contributed by atoms with van der Waals surface area (Å²) >= 11 is 6.70. The first kappa shape index (κ1) is 21.7. The Morgan fingerprint density at radius 1 is 1.15 bits per heavy atom. The molecule has 1 fully saturated rings. The van der Waals surface area contributed by atoms with Gasteiger partial charge in [-0.05, 0) is 38.1 Å². The molecule has 0 bridgehead atoms. The minimum absolute atomic E-state index is 0.115. The standard InChI is InChI=1S/C25H24ClN5O2/c1-15-4-3-5-23(29-15)17-6-7-20(22(26)11-17)21-10-18-12-28-16(2)30-24(18)31(25(21)32)14-19-13-27-8-9-33-19/h3-7,10-12,19,27H,8-9,13-14H2,1-2H3/t19-/m0/s1. The van der Waals surface area contributed by atoms with Crippen LogP contribution in [0.25, 0.3) is 33.4 Å². The summed E-state index contributed by atoms with van der Waals surface area (Å²) in [5.74, 6) is 0.610. The van der Waals surface area contributed by atoms with Crippen LogP contribution >= 0.6 is 11.6 Å². The van der Waals surface area contributed by atoms with E-state index in [2.05, 4.69) is 20.3 Å². The molecular formula is C25H24ClN5O2. The molecule has 0 radical (unpaired) electrons. The van der Waals surface area contributed by atoms with E-state index in [9.17, 15) is 4.79 Å². The summed E-state index contributed by atoms with van der Waals surface area (Å²) in [7, 11) is 0. The normalized spacial score (nSPS) is 16.3. The number of pyridine rings is 2. The van der Waals surface area contributed by atoms with Crippen LogP contribution in [0.1, 0.15) is 11.5 Å². The Labute approximate surface area is 196 Å². The van der Waals surface area contributed by atoms with Gasteiger partial charge in [-0.2, -0.15) is 0 Å². The Balaban J connectivity index is 1.63. The van der Waals surface area contributed by atoms with Gasteiger partial charge in [0.05, 0.1) is 24.9 Å². The molecule has 1 N–H and O–H groups in total. The van der Waals surface area contributed by atoms with Gasteiger partial charge >= 0.3 is 0 Å². The fourth-order valence-electron chi connectivity index (χ4n) is 4.14. The fraction of sp³-hybridized carbons (Fsp3) is 0.280. The molecule has 4 aromatic rings. The third kappa shape index (κ3) is 4.39. The van der Waals surface area contributed by atoms with Gasteiger partial charge in [0.1, 0.15) is 11.5 Å². The molecule has 7 nitrogen and oxygen atoms in total. The molecule has 168 valence electrons. The lowest BCUT2D eigenvalue weighted by Gasteiger charge is -2.25. The molecule has 0 aliphatic carbocycles. The zero-order chi connectivity index (χ0) is 22.9. The van der Waals surface area contributed by atoms with Gasteiger partial charge in [0, 0.05) is 52.1 Å². The van der Waals surface area contributed by atoms with Gasteiger partial charge in [-0.3, -0.25) is 14.3 Å². The molecule has 0 amide bonds. The van der Waals surface area contributed by atoms with Gasteiger partial charge in [0.15, 0.2) is 0 Å². The molecule has 1 atom stereocenters. The second-order valence-corrected chi connectivity index (χ2v) is 8.63. The minimum Gasteiger partial charge on any atom is -0.374 e. The zero-order valence-electron chi connectivity index (χ0n) is 18.5. The van der Waals surface area contributed by atoms with Crippen LogP contribution in [0.3, 0.4) is 0 Å². The molecule has 33 heavy (non-hydrogen) atoms. The van der Waals surface area contributed by atoms with Crippen LogP contribution in [-0.2, 0) is 11.3 Å². The molecule has 1 aliphatic heterocycles. The van der Waals surface area contributed by atoms with E-state index in [1.54, 1.807) is 10.8 Å². The van der Waals surface area contributed by atoms with E-state index < -0.39 is 0 Å². The second-order valence-electron chi connectivity index (χ2n) is 8.23. The maximum atomic E-state index is 13.7. The summed E-state index contributed by atoms with van der Waals surface area (Å²) < 4.78 is 7.54. The first-order valence-corrected chi connectivity index (χ1v) is 11.3. The number of nitrogens with zero attached hydrogens (tertiary/aromatic N) is 4. The number of halogens is 1. The highest BCUT2D eigenvalue weighted by atomic mass is 35.5. The van der Waals surface area contributed by atoms with Crippen molar-refractivity contribution in [2.45, 2.75) is 26.5 Å². The molecule has 0 saturated carbocycles. The van der Waals surface area contributed by atoms with Crippen LogP contribution in [0.15, 0.2) is 53.5 Å². The fourth-order valence-corrected chi connectivity index (χ4v) is 4.43. The third-order valence-electron chi connectivity index (χ3n) is 5.78. The van der Waals surface area contributed by atoms with Gasteiger partial charge in [0.25, 0.3) is 5.56 Å². The molecule has 0 unspecified atom stereocenters. The zero-order valence-corrected chi connectivity index (χ0v) is 19.3. The summed E-state index contributed by atoms with van der Waals surface area (Å²) in [5.41, 5.74) is 4.28. The van der Waals surface area contributed by atoms with Crippen molar-refractivity contribution in [2.75, 3.05) is 19.7 Å². The SMILES string of the molecule is Cc1cccc(-c2ccc(-c3cc4cnc(C)nc4n(C[C@@H]4CNCCO4)c3=O)c(Cl)c2)n1. The smallest absolute Gasteiger partial charge is 0.260 e. The molecular weight excluding hydrogens is 438 g/mol. The Kier molecular flexibility index (Phi) is 5.93. The number of fused-ring (bicyclic) bond motifs is 1. The van der Waals surface area contributed by atoms with E-state index in [1.165, 1.54) is 0 Å². The number of hydrogen-bond acceptors (Lipinski definition) is 6. The van der Waals surface area contributed by atoms with Gasteiger partial charge < -0.3 is 10.1 Å². The molecule has 1 saturated heterocycles. The number of aryl methyl sites for hydroxylation is 2. The van der Waals surface area contributed by atoms with E-state index in [4.69, 9.17) is 16.3 Å². The van der Waals surface area contributed by atoms with Gasteiger partial charge in [-0.15, -0.1) is 0 Å². The Hall–Kier alpha value is -3.13. The molecule has 0 spiro atoms. The number of aromatic nitrogens is 4. The lowest BCUT2D eigenvalue weighted by Crippen LogP contribution is -2.42. The van der Waals surface area contributed by atoms with Crippen molar-refractivity contribution in [3.63, 3.8) is 0 Å². The maximum Gasteiger partial charge on any atom is 0.260 e. The third-order valence-corrected chi connectivity index (χ3v) is 6.09. The van der Waals surface area contributed by atoms with Gasteiger partial charge in [-0.25, -0.2) is 9.97 Å². The number of morpholine rings is 1. The van der Waals surface area contributed by atoms with Crippen LogP contribution < -0.4 is 10.9 Å².